The number of carbonyl (C=O) groups excluding carboxylic acids is 1. The van der Waals surface area contributed by atoms with E-state index in [9.17, 15) is 14.9 Å². The van der Waals surface area contributed by atoms with E-state index in [2.05, 4.69) is 10.6 Å². The summed E-state index contributed by atoms with van der Waals surface area (Å²) < 4.78 is 0. The Labute approximate surface area is 146 Å². The van der Waals surface area contributed by atoms with Gasteiger partial charge in [0.05, 0.1) is 15.6 Å². The van der Waals surface area contributed by atoms with Crippen LogP contribution in [0, 0.1) is 10.1 Å². The van der Waals surface area contributed by atoms with Crippen LogP contribution in [0.2, 0.25) is 10.0 Å². The molecule has 0 aliphatic carbocycles. The first-order valence-electron chi connectivity index (χ1n) is 6.18. The third-order valence-electron chi connectivity index (χ3n) is 2.74. The normalized spacial score (nSPS) is 10.0. The van der Waals surface area contributed by atoms with Crippen LogP contribution in [0.4, 0.5) is 11.4 Å². The molecule has 0 saturated heterocycles. The fourth-order valence-electron chi connectivity index (χ4n) is 1.66. The summed E-state index contributed by atoms with van der Waals surface area (Å²) in [6, 6.07) is 9.91. The standard InChI is InChI=1S/C14H9Cl2N3O3S/c15-9-3-6-11(16)12(7-9)17-14(23)18-13(20)8-1-4-10(5-2-8)19(21)22/h1-7H,(H2,17,18,20,23). The van der Waals surface area contributed by atoms with Crippen LogP contribution < -0.4 is 10.6 Å². The van der Waals surface area contributed by atoms with Crippen molar-refractivity contribution >= 4 is 57.8 Å². The molecule has 0 bridgehead atoms. The van der Waals surface area contributed by atoms with E-state index in [-0.39, 0.29) is 16.4 Å². The molecule has 0 fully saturated rings. The van der Waals surface area contributed by atoms with Gasteiger partial charge < -0.3 is 5.32 Å². The van der Waals surface area contributed by atoms with Gasteiger partial charge in [-0.25, -0.2) is 0 Å². The van der Waals surface area contributed by atoms with E-state index >= 15 is 0 Å². The van der Waals surface area contributed by atoms with Crippen LogP contribution in [0.15, 0.2) is 42.5 Å². The SMILES string of the molecule is O=C(NC(=S)Nc1cc(Cl)ccc1Cl)c1ccc([N+](=O)[O-])cc1. The summed E-state index contributed by atoms with van der Waals surface area (Å²) in [6.45, 7) is 0. The number of hydrogen-bond donors (Lipinski definition) is 2. The van der Waals surface area contributed by atoms with E-state index in [1.807, 2.05) is 0 Å². The average Bonchev–Trinajstić information content (AvgIpc) is 2.51. The highest BCUT2D eigenvalue weighted by Gasteiger charge is 2.11. The number of non-ortho nitro benzene ring substituents is 1. The number of nitrogens with zero attached hydrogens (tertiary/aromatic N) is 1. The smallest absolute Gasteiger partial charge is 0.269 e. The first kappa shape index (κ1) is 17.1. The van der Waals surface area contributed by atoms with E-state index < -0.39 is 10.8 Å². The molecule has 2 aromatic carbocycles. The van der Waals surface area contributed by atoms with Crippen molar-refractivity contribution < 1.29 is 9.72 Å². The van der Waals surface area contributed by atoms with Gasteiger partial charge in [0.1, 0.15) is 0 Å². The average molecular weight is 370 g/mol. The zero-order valence-corrected chi connectivity index (χ0v) is 13.7. The van der Waals surface area contributed by atoms with E-state index in [1.165, 1.54) is 24.3 Å². The second-order valence-electron chi connectivity index (χ2n) is 4.34. The number of nitrogens with one attached hydrogen (secondary N) is 2. The van der Waals surface area contributed by atoms with Crippen LogP contribution in [0.5, 0.6) is 0 Å². The summed E-state index contributed by atoms with van der Waals surface area (Å²) in [7, 11) is 0. The molecule has 0 atom stereocenters. The van der Waals surface area contributed by atoms with Crippen LogP contribution in [0.3, 0.4) is 0 Å². The Morgan fingerprint density at radius 2 is 1.78 bits per heavy atom. The van der Waals surface area contributed by atoms with Gasteiger partial charge in [0.15, 0.2) is 5.11 Å². The van der Waals surface area contributed by atoms with Gasteiger partial charge in [-0.2, -0.15) is 0 Å². The molecule has 0 spiro atoms. The summed E-state index contributed by atoms with van der Waals surface area (Å²) in [6.07, 6.45) is 0. The molecule has 0 unspecified atom stereocenters. The number of hydrogen-bond acceptors (Lipinski definition) is 4. The number of anilines is 1. The van der Waals surface area contributed by atoms with E-state index in [0.717, 1.165) is 0 Å². The molecular weight excluding hydrogens is 361 g/mol. The number of thiocarbonyl (C=S) groups is 1. The van der Waals surface area contributed by atoms with Crippen molar-refractivity contribution in [3.8, 4) is 0 Å². The van der Waals surface area contributed by atoms with Crippen molar-refractivity contribution in [3.63, 3.8) is 0 Å². The number of benzene rings is 2. The first-order chi connectivity index (χ1) is 10.9. The highest BCUT2D eigenvalue weighted by molar-refractivity contribution is 7.80. The maximum atomic E-state index is 12.0. The molecular formula is C14H9Cl2N3O3S. The number of halogens is 2. The number of amides is 1. The molecule has 9 heteroatoms. The Morgan fingerprint density at radius 1 is 1.13 bits per heavy atom. The van der Waals surface area contributed by atoms with Crippen molar-refractivity contribution in [2.45, 2.75) is 0 Å². The first-order valence-corrected chi connectivity index (χ1v) is 7.35. The van der Waals surface area contributed by atoms with E-state index in [4.69, 9.17) is 35.4 Å². The second kappa shape index (κ2) is 7.36. The van der Waals surface area contributed by atoms with Crippen molar-refractivity contribution in [1.29, 1.82) is 0 Å². The number of nitro benzene ring substituents is 1. The van der Waals surface area contributed by atoms with Gasteiger partial charge >= 0.3 is 0 Å². The fourth-order valence-corrected chi connectivity index (χ4v) is 2.20. The maximum Gasteiger partial charge on any atom is 0.269 e. The Balaban J connectivity index is 2.03. The lowest BCUT2D eigenvalue weighted by atomic mass is 10.2. The minimum Gasteiger partial charge on any atom is -0.331 e. The topological polar surface area (TPSA) is 84.3 Å². The summed E-state index contributed by atoms with van der Waals surface area (Å²) in [4.78, 5) is 22.0. The van der Waals surface area contributed by atoms with E-state index in [1.54, 1.807) is 18.2 Å². The lowest BCUT2D eigenvalue weighted by molar-refractivity contribution is -0.384. The minimum atomic E-state index is -0.547. The third kappa shape index (κ3) is 4.62. The molecule has 0 radical (unpaired) electrons. The Bertz CT molecular complexity index is 781. The van der Waals surface area contributed by atoms with E-state index in [0.29, 0.717) is 15.7 Å². The Morgan fingerprint density at radius 3 is 2.39 bits per heavy atom. The zero-order valence-electron chi connectivity index (χ0n) is 11.4. The molecule has 6 nitrogen and oxygen atoms in total. The molecule has 0 aliphatic rings. The van der Waals surface area contributed by atoms with Crippen molar-refractivity contribution in [3.05, 3.63) is 68.2 Å². The lowest BCUT2D eigenvalue weighted by Gasteiger charge is -2.11. The molecule has 2 N–H and O–H groups in total. The molecule has 0 saturated carbocycles. The van der Waals surface area contributed by atoms with Crippen molar-refractivity contribution in [2.24, 2.45) is 0 Å². The number of nitro groups is 1. The summed E-state index contributed by atoms with van der Waals surface area (Å²) >= 11 is 16.9. The van der Waals surface area contributed by atoms with Gasteiger partial charge in [-0.1, -0.05) is 23.2 Å². The number of carbonyl (C=O) groups is 1. The Kier molecular flexibility index (Phi) is 5.49. The number of rotatable bonds is 3. The highest BCUT2D eigenvalue weighted by Crippen LogP contribution is 2.25. The molecule has 1 amide bonds. The van der Waals surface area contributed by atoms with Gasteiger partial charge in [0.2, 0.25) is 0 Å². The molecule has 118 valence electrons. The quantitative estimate of drug-likeness (QED) is 0.484. The van der Waals surface area contributed by atoms with Gasteiger partial charge in [-0.05, 0) is 42.5 Å². The molecule has 23 heavy (non-hydrogen) atoms. The van der Waals surface area contributed by atoms with Gasteiger partial charge in [-0.15, -0.1) is 0 Å². The molecule has 2 rings (SSSR count). The minimum absolute atomic E-state index is 0.0255. The van der Waals surface area contributed by atoms with Gasteiger partial charge in [-0.3, -0.25) is 20.2 Å². The van der Waals surface area contributed by atoms with Crippen LogP contribution in [-0.4, -0.2) is 15.9 Å². The van der Waals surface area contributed by atoms with Crippen molar-refractivity contribution in [1.82, 2.24) is 5.32 Å². The van der Waals surface area contributed by atoms with Gasteiger partial charge in [0.25, 0.3) is 11.6 Å². The summed E-state index contributed by atoms with van der Waals surface area (Å²) in [5, 5.41) is 16.7. The largest absolute Gasteiger partial charge is 0.331 e. The van der Waals surface area contributed by atoms with Crippen LogP contribution in [0.25, 0.3) is 0 Å². The second-order valence-corrected chi connectivity index (χ2v) is 5.59. The molecule has 0 aromatic heterocycles. The van der Waals surface area contributed by atoms with Gasteiger partial charge in [0, 0.05) is 22.7 Å². The highest BCUT2D eigenvalue weighted by atomic mass is 35.5. The maximum absolute atomic E-state index is 12.0. The molecule has 0 heterocycles. The van der Waals surface area contributed by atoms with Crippen molar-refractivity contribution in [2.75, 3.05) is 5.32 Å². The summed E-state index contributed by atoms with van der Waals surface area (Å²) in [5.41, 5.74) is 0.582. The summed E-state index contributed by atoms with van der Waals surface area (Å²) in [5.74, 6) is -0.504. The lowest BCUT2D eigenvalue weighted by Crippen LogP contribution is -2.34. The molecule has 0 aliphatic heterocycles. The van der Waals surface area contributed by atoms with Crippen LogP contribution in [0.1, 0.15) is 10.4 Å². The monoisotopic (exact) mass is 369 g/mol. The van der Waals surface area contributed by atoms with Crippen LogP contribution >= 0.6 is 35.4 Å². The third-order valence-corrected chi connectivity index (χ3v) is 3.51. The van der Waals surface area contributed by atoms with Crippen LogP contribution in [-0.2, 0) is 0 Å². The Hall–Kier alpha value is -2.22. The zero-order chi connectivity index (χ0) is 17.0. The molecule has 2 aromatic rings. The predicted molar refractivity (Wildman–Crippen MR) is 93.2 cm³/mol. The predicted octanol–water partition coefficient (Wildman–Crippen LogP) is 4.03. The fraction of sp³-hybridized carbons (Fsp3) is 0.